The van der Waals surface area contributed by atoms with Gasteiger partial charge in [-0.2, -0.15) is 5.10 Å². The first-order valence-electron chi connectivity index (χ1n) is 8.39. The molecule has 2 heterocycles. The fraction of sp³-hybridized carbons (Fsp3) is 0.444. The van der Waals surface area contributed by atoms with Crippen LogP contribution in [0.25, 0.3) is 6.08 Å². The highest BCUT2D eigenvalue weighted by Crippen LogP contribution is 2.20. The van der Waals surface area contributed by atoms with Crippen LogP contribution in [0.1, 0.15) is 37.1 Å². The van der Waals surface area contributed by atoms with Crippen LogP contribution in [-0.2, 0) is 13.1 Å². The third kappa shape index (κ3) is 3.62. The van der Waals surface area contributed by atoms with Crippen molar-refractivity contribution in [3.63, 3.8) is 0 Å². The largest absolute Gasteiger partial charge is 0.346 e. The predicted molar refractivity (Wildman–Crippen MR) is 92.5 cm³/mol. The number of allylic oxidation sites excluding steroid dienone is 1. The average molecular weight is 312 g/mol. The summed E-state index contributed by atoms with van der Waals surface area (Å²) in [6.07, 6.45) is 6.26. The summed E-state index contributed by atoms with van der Waals surface area (Å²) in [4.78, 5) is 12.5. The van der Waals surface area contributed by atoms with Gasteiger partial charge in [-0.3, -0.25) is 4.57 Å². The number of nitrogens with zero attached hydrogens (tertiary/aromatic N) is 3. The summed E-state index contributed by atoms with van der Waals surface area (Å²) >= 11 is 0. The molecule has 0 saturated carbocycles. The smallest absolute Gasteiger partial charge is 0.316 e. The number of nitrogens with one attached hydrogen (secondary N) is 1. The summed E-state index contributed by atoms with van der Waals surface area (Å²) in [7, 11) is 0. The SMILES string of the molecule is CCn1c(C2CCCNC2)nn(CC=Cc2ccccc2)c1=O. The second kappa shape index (κ2) is 7.42. The monoisotopic (exact) mass is 312 g/mol. The van der Waals surface area contributed by atoms with E-state index in [1.165, 1.54) is 0 Å². The van der Waals surface area contributed by atoms with Gasteiger partial charge in [0.05, 0.1) is 6.54 Å². The van der Waals surface area contributed by atoms with Crippen LogP contribution in [0.15, 0.2) is 41.2 Å². The molecular formula is C18H24N4O. The number of rotatable bonds is 5. The minimum Gasteiger partial charge on any atom is -0.316 e. The third-order valence-corrected chi connectivity index (χ3v) is 4.32. The van der Waals surface area contributed by atoms with Crippen LogP contribution in [0.2, 0.25) is 0 Å². The number of piperidine rings is 1. The highest BCUT2D eigenvalue weighted by molar-refractivity contribution is 5.48. The van der Waals surface area contributed by atoms with Crippen LogP contribution in [0.5, 0.6) is 0 Å². The summed E-state index contributed by atoms with van der Waals surface area (Å²) < 4.78 is 3.39. The Balaban J connectivity index is 1.78. The molecule has 1 N–H and O–H groups in total. The standard InChI is InChI=1S/C18H24N4O/c1-2-21-17(16-11-6-12-19-14-16)20-22(18(21)23)13-7-10-15-8-4-3-5-9-15/h3-5,7-10,16,19H,2,6,11-14H2,1H3. The molecule has 1 aliphatic heterocycles. The zero-order valence-corrected chi connectivity index (χ0v) is 13.6. The van der Waals surface area contributed by atoms with E-state index in [2.05, 4.69) is 10.4 Å². The average Bonchev–Trinajstić information content (AvgIpc) is 2.93. The molecule has 1 unspecified atom stereocenters. The quantitative estimate of drug-likeness (QED) is 0.921. The Hall–Kier alpha value is -2.14. The van der Waals surface area contributed by atoms with Crippen molar-refractivity contribution in [1.29, 1.82) is 0 Å². The van der Waals surface area contributed by atoms with Crippen molar-refractivity contribution in [2.24, 2.45) is 0 Å². The van der Waals surface area contributed by atoms with Gasteiger partial charge in [0.2, 0.25) is 0 Å². The summed E-state index contributed by atoms with van der Waals surface area (Å²) in [6, 6.07) is 10.1. The molecule has 1 aromatic heterocycles. The van der Waals surface area contributed by atoms with E-state index in [1.54, 1.807) is 4.68 Å². The van der Waals surface area contributed by atoms with Gasteiger partial charge in [0.1, 0.15) is 5.82 Å². The lowest BCUT2D eigenvalue weighted by atomic mass is 9.99. The van der Waals surface area contributed by atoms with Gasteiger partial charge >= 0.3 is 5.69 Å². The number of hydrogen-bond donors (Lipinski definition) is 1. The van der Waals surface area contributed by atoms with E-state index >= 15 is 0 Å². The maximum Gasteiger partial charge on any atom is 0.346 e. The highest BCUT2D eigenvalue weighted by Gasteiger charge is 2.22. The minimum absolute atomic E-state index is 0.00853. The van der Waals surface area contributed by atoms with Crippen LogP contribution in [0.3, 0.4) is 0 Å². The molecule has 0 spiro atoms. The van der Waals surface area contributed by atoms with E-state index in [1.807, 2.05) is 54.0 Å². The van der Waals surface area contributed by atoms with Crippen molar-refractivity contribution in [2.45, 2.75) is 38.8 Å². The molecule has 2 aromatic rings. The first kappa shape index (κ1) is 15.7. The van der Waals surface area contributed by atoms with Gasteiger partial charge in [0, 0.05) is 19.0 Å². The maximum atomic E-state index is 12.5. The van der Waals surface area contributed by atoms with Gasteiger partial charge in [-0.25, -0.2) is 9.48 Å². The molecule has 1 saturated heterocycles. The molecule has 1 fully saturated rings. The molecular weight excluding hydrogens is 288 g/mol. The van der Waals surface area contributed by atoms with E-state index in [0.717, 1.165) is 37.3 Å². The first-order chi connectivity index (χ1) is 11.3. The lowest BCUT2D eigenvalue weighted by molar-refractivity contribution is 0.431. The fourth-order valence-corrected chi connectivity index (χ4v) is 3.10. The summed E-state index contributed by atoms with van der Waals surface area (Å²) in [6.45, 7) is 5.16. The molecule has 1 aromatic carbocycles. The molecule has 122 valence electrons. The Morgan fingerprint density at radius 1 is 1.35 bits per heavy atom. The highest BCUT2D eigenvalue weighted by atomic mass is 16.2. The fourth-order valence-electron chi connectivity index (χ4n) is 3.10. The number of aromatic nitrogens is 3. The Kier molecular flexibility index (Phi) is 5.08. The molecule has 1 aliphatic rings. The predicted octanol–water partition coefficient (Wildman–Crippen LogP) is 2.25. The molecule has 5 nitrogen and oxygen atoms in total. The van der Waals surface area contributed by atoms with E-state index in [4.69, 9.17) is 0 Å². The van der Waals surface area contributed by atoms with Gasteiger partial charge in [-0.05, 0) is 31.9 Å². The second-order valence-electron chi connectivity index (χ2n) is 5.92. The summed E-state index contributed by atoms with van der Waals surface area (Å²) in [5.41, 5.74) is 1.12. The Bertz CT molecular complexity index is 708. The Morgan fingerprint density at radius 2 is 2.17 bits per heavy atom. The van der Waals surface area contributed by atoms with E-state index in [-0.39, 0.29) is 5.69 Å². The van der Waals surface area contributed by atoms with Gasteiger partial charge < -0.3 is 5.32 Å². The van der Waals surface area contributed by atoms with E-state index in [9.17, 15) is 4.79 Å². The molecule has 0 aliphatic carbocycles. The molecule has 0 radical (unpaired) electrons. The summed E-state index contributed by atoms with van der Waals surface area (Å²) in [5.74, 6) is 1.27. The zero-order chi connectivity index (χ0) is 16.1. The van der Waals surface area contributed by atoms with E-state index in [0.29, 0.717) is 19.0 Å². The number of hydrogen-bond acceptors (Lipinski definition) is 3. The van der Waals surface area contributed by atoms with Crippen LogP contribution in [0, 0.1) is 0 Å². The first-order valence-corrected chi connectivity index (χ1v) is 8.39. The van der Waals surface area contributed by atoms with Crippen LogP contribution >= 0.6 is 0 Å². The topological polar surface area (TPSA) is 51.9 Å². The Morgan fingerprint density at radius 3 is 2.87 bits per heavy atom. The van der Waals surface area contributed by atoms with Crippen molar-refractivity contribution in [3.8, 4) is 0 Å². The molecule has 5 heteroatoms. The molecule has 1 atom stereocenters. The summed E-state index contributed by atoms with van der Waals surface area (Å²) in [5, 5.41) is 8.01. The van der Waals surface area contributed by atoms with Crippen LogP contribution in [-0.4, -0.2) is 27.4 Å². The number of benzene rings is 1. The third-order valence-electron chi connectivity index (χ3n) is 4.32. The van der Waals surface area contributed by atoms with Crippen molar-refractivity contribution >= 4 is 6.08 Å². The van der Waals surface area contributed by atoms with Crippen LogP contribution < -0.4 is 11.0 Å². The van der Waals surface area contributed by atoms with E-state index < -0.39 is 0 Å². The van der Waals surface area contributed by atoms with Crippen molar-refractivity contribution in [1.82, 2.24) is 19.7 Å². The molecule has 3 rings (SSSR count). The molecule has 23 heavy (non-hydrogen) atoms. The second-order valence-corrected chi connectivity index (χ2v) is 5.92. The molecule has 0 bridgehead atoms. The minimum atomic E-state index is -0.00853. The van der Waals surface area contributed by atoms with Gasteiger partial charge in [0.25, 0.3) is 0 Å². The lowest BCUT2D eigenvalue weighted by Gasteiger charge is -2.21. The maximum absolute atomic E-state index is 12.5. The van der Waals surface area contributed by atoms with Crippen molar-refractivity contribution in [3.05, 3.63) is 58.3 Å². The van der Waals surface area contributed by atoms with Gasteiger partial charge in [-0.1, -0.05) is 42.5 Å². The van der Waals surface area contributed by atoms with Crippen LogP contribution in [0.4, 0.5) is 0 Å². The molecule has 0 amide bonds. The zero-order valence-electron chi connectivity index (χ0n) is 13.6. The van der Waals surface area contributed by atoms with Gasteiger partial charge in [-0.15, -0.1) is 0 Å². The lowest BCUT2D eigenvalue weighted by Crippen LogP contribution is -2.31. The van der Waals surface area contributed by atoms with Gasteiger partial charge in [0.15, 0.2) is 0 Å². The normalized spacial score (nSPS) is 18.6. The Labute approximate surface area is 136 Å². The van der Waals surface area contributed by atoms with Crippen molar-refractivity contribution in [2.75, 3.05) is 13.1 Å². The van der Waals surface area contributed by atoms with Crippen molar-refractivity contribution < 1.29 is 0 Å².